The van der Waals surface area contributed by atoms with E-state index in [0.717, 1.165) is 5.56 Å². The molecule has 0 radical (unpaired) electrons. The summed E-state index contributed by atoms with van der Waals surface area (Å²) in [7, 11) is 0. The SMILES string of the molecule is Cc1ccc(OC(C)C)c(NC(C#N)=C(C#N)C#N)c1. The monoisotopic (exact) mass is 266 g/mol. The van der Waals surface area contributed by atoms with Crippen LogP contribution in [-0.4, -0.2) is 6.10 Å². The fraction of sp³-hybridized carbons (Fsp3) is 0.267. The van der Waals surface area contributed by atoms with Crippen LogP contribution in [0.3, 0.4) is 0 Å². The molecule has 1 aromatic rings. The van der Waals surface area contributed by atoms with Crippen molar-refractivity contribution in [2.45, 2.75) is 26.9 Å². The number of ether oxygens (including phenoxy) is 1. The average Bonchev–Trinajstić information content (AvgIpc) is 2.41. The van der Waals surface area contributed by atoms with Crippen molar-refractivity contribution in [2.24, 2.45) is 0 Å². The third-order valence-corrected chi connectivity index (χ3v) is 2.34. The predicted molar refractivity (Wildman–Crippen MR) is 74.4 cm³/mol. The number of hydrogen-bond donors (Lipinski definition) is 1. The second kappa shape index (κ2) is 6.83. The van der Waals surface area contributed by atoms with Gasteiger partial charge in [0.25, 0.3) is 0 Å². The van der Waals surface area contributed by atoms with Crippen molar-refractivity contribution in [1.82, 2.24) is 0 Å². The Balaban J connectivity index is 3.24. The topological polar surface area (TPSA) is 92.6 Å². The molecule has 0 spiro atoms. The molecule has 0 unspecified atom stereocenters. The van der Waals surface area contributed by atoms with Gasteiger partial charge in [-0.2, -0.15) is 15.8 Å². The molecule has 20 heavy (non-hydrogen) atoms. The number of rotatable bonds is 4. The van der Waals surface area contributed by atoms with Gasteiger partial charge in [-0.1, -0.05) is 6.07 Å². The van der Waals surface area contributed by atoms with Crippen LogP contribution < -0.4 is 10.1 Å². The minimum atomic E-state index is -0.260. The summed E-state index contributed by atoms with van der Waals surface area (Å²) < 4.78 is 5.63. The maximum absolute atomic E-state index is 9.05. The van der Waals surface area contributed by atoms with Gasteiger partial charge in [-0.3, -0.25) is 0 Å². The quantitative estimate of drug-likeness (QED) is 0.845. The van der Waals surface area contributed by atoms with E-state index in [4.69, 9.17) is 20.5 Å². The van der Waals surface area contributed by atoms with Crippen LogP contribution in [0, 0.1) is 40.9 Å². The van der Waals surface area contributed by atoms with Gasteiger partial charge in [-0.25, -0.2) is 0 Å². The summed E-state index contributed by atoms with van der Waals surface area (Å²) in [6.07, 6.45) is -0.0285. The van der Waals surface area contributed by atoms with E-state index in [1.165, 1.54) is 0 Å². The lowest BCUT2D eigenvalue weighted by molar-refractivity contribution is 0.243. The van der Waals surface area contributed by atoms with Crippen molar-refractivity contribution in [3.05, 3.63) is 35.0 Å². The summed E-state index contributed by atoms with van der Waals surface area (Å²) >= 11 is 0. The zero-order valence-corrected chi connectivity index (χ0v) is 11.6. The van der Waals surface area contributed by atoms with E-state index in [-0.39, 0.29) is 17.4 Å². The molecule has 0 aliphatic rings. The normalized spacial score (nSPS) is 9.05. The van der Waals surface area contributed by atoms with Crippen LogP contribution >= 0.6 is 0 Å². The summed E-state index contributed by atoms with van der Waals surface area (Å²) in [5.41, 5.74) is 1.17. The van der Waals surface area contributed by atoms with Gasteiger partial charge in [-0.05, 0) is 38.5 Å². The summed E-state index contributed by atoms with van der Waals surface area (Å²) in [6.45, 7) is 5.68. The molecule has 0 bridgehead atoms. The fourth-order valence-electron chi connectivity index (χ4n) is 1.52. The first kappa shape index (κ1) is 15.1. The van der Waals surface area contributed by atoms with Gasteiger partial charge >= 0.3 is 0 Å². The zero-order chi connectivity index (χ0) is 15.1. The second-order valence-corrected chi connectivity index (χ2v) is 4.38. The molecule has 100 valence electrons. The highest BCUT2D eigenvalue weighted by atomic mass is 16.5. The Morgan fingerprint density at radius 2 is 1.80 bits per heavy atom. The Kier molecular flexibility index (Phi) is 5.15. The van der Waals surface area contributed by atoms with Crippen LogP contribution in [0.1, 0.15) is 19.4 Å². The van der Waals surface area contributed by atoms with E-state index in [0.29, 0.717) is 11.4 Å². The maximum atomic E-state index is 9.05. The molecular formula is C15H14N4O. The fourth-order valence-corrected chi connectivity index (χ4v) is 1.52. The van der Waals surface area contributed by atoms with Crippen LogP contribution in [0.2, 0.25) is 0 Å². The van der Waals surface area contributed by atoms with Gasteiger partial charge in [-0.15, -0.1) is 0 Å². The van der Waals surface area contributed by atoms with Gasteiger partial charge in [0, 0.05) is 0 Å². The van der Waals surface area contributed by atoms with Crippen molar-refractivity contribution in [3.8, 4) is 24.0 Å². The van der Waals surface area contributed by atoms with Gasteiger partial charge in [0.05, 0.1) is 11.8 Å². The molecule has 0 saturated heterocycles. The number of hydrogen-bond acceptors (Lipinski definition) is 5. The zero-order valence-electron chi connectivity index (χ0n) is 11.6. The Hall–Kier alpha value is -2.97. The maximum Gasteiger partial charge on any atom is 0.163 e. The highest BCUT2D eigenvalue weighted by Crippen LogP contribution is 2.28. The highest BCUT2D eigenvalue weighted by Gasteiger charge is 2.11. The highest BCUT2D eigenvalue weighted by molar-refractivity contribution is 5.65. The molecule has 5 heteroatoms. The molecule has 1 rings (SSSR count). The summed E-state index contributed by atoms with van der Waals surface area (Å²) in [4.78, 5) is 0. The first-order valence-corrected chi connectivity index (χ1v) is 6.00. The standard InChI is InChI=1S/C15H14N4O/c1-10(2)20-15-5-4-11(3)6-13(15)19-14(9-18)12(7-16)8-17/h4-6,10,19H,1-3H3. The third-order valence-electron chi connectivity index (χ3n) is 2.34. The molecule has 0 heterocycles. The lowest BCUT2D eigenvalue weighted by Crippen LogP contribution is -2.09. The Labute approximate surface area is 118 Å². The lowest BCUT2D eigenvalue weighted by atomic mass is 10.2. The second-order valence-electron chi connectivity index (χ2n) is 4.38. The molecule has 0 aliphatic carbocycles. The van der Waals surface area contributed by atoms with E-state index < -0.39 is 0 Å². The average molecular weight is 266 g/mol. The Morgan fingerprint density at radius 3 is 2.30 bits per heavy atom. The first-order chi connectivity index (χ1) is 9.51. The Bertz CT molecular complexity index is 638. The van der Waals surface area contributed by atoms with Crippen molar-refractivity contribution in [2.75, 3.05) is 5.32 Å². The van der Waals surface area contributed by atoms with Crippen LogP contribution in [0.5, 0.6) is 5.75 Å². The number of allylic oxidation sites excluding steroid dienone is 2. The Morgan fingerprint density at radius 1 is 1.15 bits per heavy atom. The van der Waals surface area contributed by atoms with E-state index in [9.17, 15) is 0 Å². The number of nitriles is 3. The van der Waals surface area contributed by atoms with Crippen molar-refractivity contribution in [1.29, 1.82) is 15.8 Å². The molecule has 0 fully saturated rings. The van der Waals surface area contributed by atoms with Gasteiger partial charge in [0.1, 0.15) is 29.7 Å². The number of anilines is 1. The van der Waals surface area contributed by atoms with Crippen molar-refractivity contribution >= 4 is 5.69 Å². The lowest BCUT2D eigenvalue weighted by Gasteiger charge is -2.15. The van der Waals surface area contributed by atoms with Gasteiger partial charge in [0.15, 0.2) is 5.57 Å². The largest absolute Gasteiger partial charge is 0.489 e. The minimum Gasteiger partial charge on any atom is -0.489 e. The van der Waals surface area contributed by atoms with Crippen LogP contribution in [0.15, 0.2) is 29.5 Å². The summed E-state index contributed by atoms with van der Waals surface area (Å²) in [5, 5.41) is 29.5. The molecule has 0 atom stereocenters. The van der Waals surface area contributed by atoms with Gasteiger partial charge < -0.3 is 10.1 Å². The summed E-state index contributed by atoms with van der Waals surface area (Å²) in [5.74, 6) is 0.563. The predicted octanol–water partition coefficient (Wildman–Crippen LogP) is 3.02. The molecule has 0 aromatic heterocycles. The van der Waals surface area contributed by atoms with E-state index >= 15 is 0 Å². The first-order valence-electron chi connectivity index (χ1n) is 6.00. The van der Waals surface area contributed by atoms with Crippen LogP contribution in [-0.2, 0) is 0 Å². The summed E-state index contributed by atoms with van der Waals surface area (Å²) in [6, 6.07) is 10.7. The van der Waals surface area contributed by atoms with Crippen LogP contribution in [0.4, 0.5) is 5.69 Å². The number of nitrogens with zero attached hydrogens (tertiary/aromatic N) is 3. The number of benzene rings is 1. The van der Waals surface area contributed by atoms with E-state index in [1.54, 1.807) is 24.3 Å². The van der Waals surface area contributed by atoms with Crippen molar-refractivity contribution in [3.63, 3.8) is 0 Å². The van der Waals surface area contributed by atoms with Gasteiger partial charge in [0.2, 0.25) is 0 Å². The third kappa shape index (κ3) is 3.77. The smallest absolute Gasteiger partial charge is 0.163 e. The molecule has 1 aromatic carbocycles. The minimum absolute atomic E-state index is 0.0285. The molecule has 0 amide bonds. The number of aryl methyl sites for hydroxylation is 1. The van der Waals surface area contributed by atoms with E-state index in [2.05, 4.69) is 5.32 Å². The van der Waals surface area contributed by atoms with Crippen LogP contribution in [0.25, 0.3) is 0 Å². The van der Waals surface area contributed by atoms with Crippen molar-refractivity contribution < 1.29 is 4.74 Å². The molecule has 5 nitrogen and oxygen atoms in total. The van der Waals surface area contributed by atoms with E-state index in [1.807, 2.05) is 32.9 Å². The molecule has 1 N–H and O–H groups in total. The number of nitrogens with one attached hydrogen (secondary N) is 1. The molecular weight excluding hydrogens is 252 g/mol. The molecule has 0 aliphatic heterocycles. The molecule has 0 saturated carbocycles.